The summed E-state index contributed by atoms with van der Waals surface area (Å²) < 4.78 is 0. The highest BCUT2D eigenvalue weighted by Gasteiger charge is 2.00. The first kappa shape index (κ1) is 12.0. The number of allylic oxidation sites excluding steroid dienone is 1. The maximum absolute atomic E-state index is 9.27. The smallest absolute Gasteiger partial charge is 0.122 e. The lowest BCUT2D eigenvalue weighted by molar-refractivity contribution is 0.173. The lowest BCUT2D eigenvalue weighted by atomic mass is 10.3. The van der Waals surface area contributed by atoms with Gasteiger partial charge in [0.1, 0.15) is 5.84 Å². The first-order valence-corrected chi connectivity index (χ1v) is 4.42. The van der Waals surface area contributed by atoms with Gasteiger partial charge in [0.05, 0.1) is 6.10 Å². The van der Waals surface area contributed by atoms with Crippen molar-refractivity contribution in [1.29, 1.82) is 0 Å². The fraction of sp³-hybridized carbons (Fsp3) is 0.667. The van der Waals surface area contributed by atoms with Crippen LogP contribution in [0.1, 0.15) is 20.3 Å². The van der Waals surface area contributed by atoms with E-state index >= 15 is 0 Å². The number of aliphatic hydroxyl groups is 1. The fourth-order valence-corrected chi connectivity index (χ4v) is 0.777. The van der Waals surface area contributed by atoms with Crippen LogP contribution in [0.4, 0.5) is 0 Å². The number of hydrogen-bond donors (Lipinski definition) is 3. The molecular weight excluding hydrogens is 166 g/mol. The molecule has 0 aliphatic rings. The van der Waals surface area contributed by atoms with Gasteiger partial charge >= 0.3 is 0 Å². The summed E-state index contributed by atoms with van der Waals surface area (Å²) in [5, 5.41) is 12.3. The van der Waals surface area contributed by atoms with Gasteiger partial charge in [0, 0.05) is 19.3 Å². The van der Waals surface area contributed by atoms with Gasteiger partial charge in [-0.15, -0.1) is 0 Å². The SMILES string of the molecule is CC[C@H](O)CNC(/C=C(/C)N)=NC. The number of nitrogens with two attached hydrogens (primary N) is 1. The van der Waals surface area contributed by atoms with Crippen molar-refractivity contribution in [1.82, 2.24) is 5.32 Å². The number of nitrogens with zero attached hydrogens (tertiary/aromatic N) is 1. The van der Waals surface area contributed by atoms with Crippen LogP contribution in [0.3, 0.4) is 0 Å². The molecule has 4 N–H and O–H groups in total. The third-order valence-corrected chi connectivity index (χ3v) is 1.60. The second-order valence-corrected chi connectivity index (χ2v) is 2.94. The first-order chi connectivity index (χ1) is 6.10. The Morgan fingerprint density at radius 2 is 2.31 bits per heavy atom. The minimum atomic E-state index is -0.330. The molecule has 4 nitrogen and oxygen atoms in total. The number of aliphatic imine (C=N–C) groups is 1. The molecule has 0 amide bonds. The molecule has 0 rings (SSSR count). The standard InChI is InChI=1S/C9H19N3O/c1-4-8(13)6-12-9(11-3)5-7(2)10/h5,8,13H,4,6,10H2,1-3H3,(H,11,12)/b7-5-/t8-/m0/s1. The van der Waals surface area contributed by atoms with Crippen LogP contribution < -0.4 is 11.1 Å². The van der Waals surface area contributed by atoms with Gasteiger partial charge in [0.2, 0.25) is 0 Å². The van der Waals surface area contributed by atoms with E-state index in [1.807, 2.05) is 6.92 Å². The Balaban J connectivity index is 3.95. The maximum Gasteiger partial charge on any atom is 0.122 e. The average Bonchev–Trinajstić information content (AvgIpc) is 2.10. The van der Waals surface area contributed by atoms with Crippen LogP contribution in [0, 0.1) is 0 Å². The Bertz CT molecular complexity index is 195. The average molecular weight is 185 g/mol. The van der Waals surface area contributed by atoms with Gasteiger partial charge in [0.15, 0.2) is 0 Å². The molecule has 4 heteroatoms. The Kier molecular flexibility index (Phi) is 5.97. The summed E-state index contributed by atoms with van der Waals surface area (Å²) in [6, 6.07) is 0. The Morgan fingerprint density at radius 3 is 2.69 bits per heavy atom. The summed E-state index contributed by atoms with van der Waals surface area (Å²) in [5.41, 5.74) is 6.18. The van der Waals surface area contributed by atoms with Crippen LogP contribution in [-0.2, 0) is 0 Å². The lowest BCUT2D eigenvalue weighted by Gasteiger charge is -2.10. The maximum atomic E-state index is 9.27. The number of rotatable bonds is 4. The lowest BCUT2D eigenvalue weighted by Crippen LogP contribution is -2.31. The molecule has 1 atom stereocenters. The summed E-state index contributed by atoms with van der Waals surface area (Å²) >= 11 is 0. The predicted octanol–water partition coefficient (Wildman–Crippen LogP) is 0.238. The predicted molar refractivity (Wildman–Crippen MR) is 55.6 cm³/mol. The molecule has 0 bridgehead atoms. The van der Waals surface area contributed by atoms with Crippen molar-refractivity contribution in [3.8, 4) is 0 Å². The number of nitrogens with one attached hydrogen (secondary N) is 1. The van der Waals surface area contributed by atoms with Crippen molar-refractivity contribution in [2.45, 2.75) is 26.4 Å². The zero-order valence-electron chi connectivity index (χ0n) is 8.54. The summed E-state index contributed by atoms with van der Waals surface area (Å²) in [6.45, 7) is 4.23. The molecule has 0 aromatic rings. The van der Waals surface area contributed by atoms with E-state index < -0.39 is 0 Å². The van der Waals surface area contributed by atoms with Gasteiger partial charge in [-0.25, -0.2) is 0 Å². The first-order valence-electron chi connectivity index (χ1n) is 4.42. The van der Waals surface area contributed by atoms with Crippen molar-refractivity contribution in [2.24, 2.45) is 10.7 Å². The fourth-order valence-electron chi connectivity index (χ4n) is 0.777. The molecule has 0 spiro atoms. The highest BCUT2D eigenvalue weighted by atomic mass is 16.3. The van der Waals surface area contributed by atoms with Crippen molar-refractivity contribution in [3.05, 3.63) is 11.8 Å². The zero-order valence-corrected chi connectivity index (χ0v) is 8.54. The topological polar surface area (TPSA) is 70.6 Å². The van der Waals surface area contributed by atoms with Gasteiger partial charge in [0.25, 0.3) is 0 Å². The van der Waals surface area contributed by atoms with E-state index in [9.17, 15) is 5.11 Å². The third-order valence-electron chi connectivity index (χ3n) is 1.60. The molecular formula is C9H19N3O. The third kappa shape index (κ3) is 6.16. The summed E-state index contributed by atoms with van der Waals surface area (Å²) in [5.74, 6) is 0.701. The minimum Gasteiger partial charge on any atom is -0.402 e. The molecule has 0 saturated heterocycles. The van der Waals surface area contributed by atoms with Gasteiger partial charge in [-0.2, -0.15) is 0 Å². The highest BCUT2D eigenvalue weighted by molar-refractivity contribution is 5.93. The molecule has 0 unspecified atom stereocenters. The quantitative estimate of drug-likeness (QED) is 0.434. The van der Waals surface area contributed by atoms with Crippen LogP contribution in [0.15, 0.2) is 16.8 Å². The van der Waals surface area contributed by atoms with E-state index in [0.29, 0.717) is 18.1 Å². The molecule has 0 aromatic heterocycles. The van der Waals surface area contributed by atoms with Crippen LogP contribution >= 0.6 is 0 Å². The second-order valence-electron chi connectivity index (χ2n) is 2.94. The van der Waals surface area contributed by atoms with Crippen LogP contribution in [0.25, 0.3) is 0 Å². The van der Waals surface area contributed by atoms with Crippen molar-refractivity contribution < 1.29 is 5.11 Å². The van der Waals surface area contributed by atoms with E-state index in [1.54, 1.807) is 20.0 Å². The van der Waals surface area contributed by atoms with Crippen molar-refractivity contribution in [2.75, 3.05) is 13.6 Å². The molecule has 0 saturated carbocycles. The van der Waals surface area contributed by atoms with Crippen molar-refractivity contribution in [3.63, 3.8) is 0 Å². The van der Waals surface area contributed by atoms with E-state index in [2.05, 4.69) is 10.3 Å². The van der Waals surface area contributed by atoms with Gasteiger partial charge in [-0.3, -0.25) is 4.99 Å². The highest BCUT2D eigenvalue weighted by Crippen LogP contribution is 1.88. The Hall–Kier alpha value is -1.03. The second kappa shape index (κ2) is 6.48. The van der Waals surface area contributed by atoms with Crippen LogP contribution in [-0.4, -0.2) is 30.6 Å². The number of hydrogen-bond acceptors (Lipinski definition) is 3. The van der Waals surface area contributed by atoms with E-state index in [-0.39, 0.29) is 6.10 Å². The molecule has 0 heterocycles. The van der Waals surface area contributed by atoms with E-state index in [0.717, 1.165) is 6.42 Å². The van der Waals surface area contributed by atoms with Gasteiger partial charge in [-0.1, -0.05) is 6.92 Å². The number of amidine groups is 1. The Labute approximate surface area is 79.5 Å². The summed E-state index contributed by atoms with van der Waals surface area (Å²) in [4.78, 5) is 3.97. The molecule has 76 valence electrons. The molecule has 0 aliphatic heterocycles. The normalized spacial score (nSPS) is 15.7. The van der Waals surface area contributed by atoms with Gasteiger partial charge in [-0.05, 0) is 19.4 Å². The molecule has 0 fully saturated rings. The monoisotopic (exact) mass is 185 g/mol. The summed E-state index contributed by atoms with van der Waals surface area (Å²) in [6.07, 6.45) is 2.14. The van der Waals surface area contributed by atoms with Crippen LogP contribution in [0.2, 0.25) is 0 Å². The molecule has 0 aromatic carbocycles. The van der Waals surface area contributed by atoms with Crippen molar-refractivity contribution >= 4 is 5.84 Å². The molecule has 0 aliphatic carbocycles. The minimum absolute atomic E-state index is 0.330. The zero-order chi connectivity index (χ0) is 10.3. The number of aliphatic hydroxyl groups excluding tert-OH is 1. The molecule has 0 radical (unpaired) electrons. The van der Waals surface area contributed by atoms with Crippen LogP contribution in [0.5, 0.6) is 0 Å². The molecule has 13 heavy (non-hydrogen) atoms. The Morgan fingerprint density at radius 1 is 1.69 bits per heavy atom. The van der Waals surface area contributed by atoms with Gasteiger partial charge < -0.3 is 16.2 Å². The van der Waals surface area contributed by atoms with E-state index in [1.165, 1.54) is 0 Å². The van der Waals surface area contributed by atoms with E-state index in [4.69, 9.17) is 5.73 Å². The largest absolute Gasteiger partial charge is 0.402 e. The summed E-state index contributed by atoms with van der Waals surface area (Å²) in [7, 11) is 1.68.